The molecule has 0 saturated heterocycles. The predicted octanol–water partition coefficient (Wildman–Crippen LogP) is 1.71. The fourth-order valence-corrected chi connectivity index (χ4v) is 3.30. The van der Waals surface area contributed by atoms with E-state index >= 15 is 0 Å². The van der Waals surface area contributed by atoms with E-state index in [0.717, 1.165) is 25.7 Å². The maximum atomic E-state index is 11.5. The fraction of sp³-hybridized carbons (Fsp3) is 0.786. The highest BCUT2D eigenvalue weighted by Crippen LogP contribution is 2.19. The first-order valence-corrected chi connectivity index (χ1v) is 9.10. The zero-order valence-corrected chi connectivity index (χ0v) is 13.1. The standard InChI is InChI=1S/C14H26N2O3S/c1-2-3-11-20(18,19)16-12-14(17)15-10-9-13-7-5-4-6-8-13/h7,16H,2-6,8-12H2,1H3,(H,15,17). The number of allylic oxidation sites excluding steroid dienone is 1. The molecule has 0 aromatic rings. The summed E-state index contributed by atoms with van der Waals surface area (Å²) in [7, 11) is -3.31. The van der Waals surface area contributed by atoms with Crippen molar-refractivity contribution >= 4 is 15.9 Å². The number of sulfonamides is 1. The van der Waals surface area contributed by atoms with Gasteiger partial charge in [0.25, 0.3) is 0 Å². The molecule has 6 heteroatoms. The minimum Gasteiger partial charge on any atom is -0.355 e. The van der Waals surface area contributed by atoms with E-state index in [1.165, 1.54) is 18.4 Å². The summed E-state index contributed by atoms with van der Waals surface area (Å²) in [6.07, 6.45) is 9.32. The largest absolute Gasteiger partial charge is 0.355 e. The van der Waals surface area contributed by atoms with Crippen LogP contribution in [0.25, 0.3) is 0 Å². The van der Waals surface area contributed by atoms with Crippen LogP contribution in [0.2, 0.25) is 0 Å². The molecule has 0 aromatic heterocycles. The molecule has 0 saturated carbocycles. The molecule has 5 nitrogen and oxygen atoms in total. The van der Waals surface area contributed by atoms with Crippen molar-refractivity contribution in [3.05, 3.63) is 11.6 Å². The van der Waals surface area contributed by atoms with E-state index in [4.69, 9.17) is 0 Å². The molecule has 0 radical (unpaired) electrons. The smallest absolute Gasteiger partial charge is 0.235 e. The van der Waals surface area contributed by atoms with Crippen LogP contribution < -0.4 is 10.0 Å². The molecule has 0 aliphatic heterocycles. The number of carbonyl (C=O) groups is 1. The van der Waals surface area contributed by atoms with Gasteiger partial charge >= 0.3 is 0 Å². The van der Waals surface area contributed by atoms with Crippen LogP contribution in [0.4, 0.5) is 0 Å². The van der Waals surface area contributed by atoms with Gasteiger partial charge in [-0.3, -0.25) is 4.79 Å². The highest BCUT2D eigenvalue weighted by Gasteiger charge is 2.11. The Hall–Kier alpha value is -0.880. The maximum Gasteiger partial charge on any atom is 0.235 e. The molecular weight excluding hydrogens is 276 g/mol. The molecule has 116 valence electrons. The Bertz CT molecular complexity index is 430. The first kappa shape index (κ1) is 17.2. The van der Waals surface area contributed by atoms with E-state index < -0.39 is 10.0 Å². The second-order valence-electron chi connectivity index (χ2n) is 5.20. The topological polar surface area (TPSA) is 75.3 Å². The SMILES string of the molecule is CCCCS(=O)(=O)NCC(=O)NCCC1=CCCCC1. The zero-order chi connectivity index (χ0) is 14.8. The average Bonchev–Trinajstić information content (AvgIpc) is 2.44. The molecule has 0 spiro atoms. The van der Waals surface area contributed by atoms with Gasteiger partial charge in [0.1, 0.15) is 0 Å². The van der Waals surface area contributed by atoms with Crippen LogP contribution in [0.15, 0.2) is 11.6 Å². The number of nitrogens with one attached hydrogen (secondary N) is 2. The molecule has 0 atom stereocenters. The van der Waals surface area contributed by atoms with Crippen molar-refractivity contribution in [3.8, 4) is 0 Å². The Kier molecular flexibility index (Phi) is 7.84. The van der Waals surface area contributed by atoms with Gasteiger partial charge in [-0.2, -0.15) is 0 Å². The monoisotopic (exact) mass is 302 g/mol. The van der Waals surface area contributed by atoms with Gasteiger partial charge in [0.15, 0.2) is 0 Å². The first-order valence-electron chi connectivity index (χ1n) is 7.45. The van der Waals surface area contributed by atoms with E-state index in [0.29, 0.717) is 13.0 Å². The normalized spacial score (nSPS) is 15.8. The van der Waals surface area contributed by atoms with Gasteiger partial charge in [0.05, 0.1) is 12.3 Å². The quantitative estimate of drug-likeness (QED) is 0.637. The lowest BCUT2D eigenvalue weighted by Crippen LogP contribution is -2.38. The lowest BCUT2D eigenvalue weighted by molar-refractivity contribution is -0.119. The molecule has 1 aliphatic rings. The number of amides is 1. The van der Waals surface area contributed by atoms with Crippen LogP contribution in [0, 0.1) is 0 Å². The van der Waals surface area contributed by atoms with Crippen molar-refractivity contribution in [2.45, 2.75) is 51.9 Å². The van der Waals surface area contributed by atoms with Crippen molar-refractivity contribution in [3.63, 3.8) is 0 Å². The number of hydrogen-bond acceptors (Lipinski definition) is 3. The van der Waals surface area contributed by atoms with E-state index in [1.54, 1.807) is 0 Å². The molecule has 0 unspecified atom stereocenters. The van der Waals surface area contributed by atoms with E-state index in [9.17, 15) is 13.2 Å². The molecule has 20 heavy (non-hydrogen) atoms. The van der Waals surface area contributed by atoms with Gasteiger partial charge in [-0.1, -0.05) is 25.0 Å². The van der Waals surface area contributed by atoms with E-state index in [1.807, 2.05) is 6.92 Å². The summed E-state index contributed by atoms with van der Waals surface area (Å²) in [6.45, 7) is 2.36. The highest BCUT2D eigenvalue weighted by atomic mass is 32.2. The van der Waals surface area contributed by atoms with Crippen LogP contribution in [0.3, 0.4) is 0 Å². The van der Waals surface area contributed by atoms with Gasteiger partial charge in [0, 0.05) is 6.54 Å². The minimum atomic E-state index is -3.31. The van der Waals surface area contributed by atoms with Crippen molar-refractivity contribution in [1.29, 1.82) is 0 Å². The predicted molar refractivity (Wildman–Crippen MR) is 80.9 cm³/mol. The molecular formula is C14H26N2O3S. The van der Waals surface area contributed by atoms with Crippen LogP contribution >= 0.6 is 0 Å². The summed E-state index contributed by atoms with van der Waals surface area (Å²) < 4.78 is 25.4. The second-order valence-corrected chi connectivity index (χ2v) is 7.13. The van der Waals surface area contributed by atoms with Gasteiger partial charge < -0.3 is 5.32 Å². The molecule has 1 amide bonds. The molecule has 0 fully saturated rings. The number of hydrogen-bond donors (Lipinski definition) is 2. The summed E-state index contributed by atoms with van der Waals surface area (Å²) in [5.74, 6) is -0.176. The zero-order valence-electron chi connectivity index (χ0n) is 12.3. The molecule has 1 rings (SSSR count). The number of rotatable bonds is 9. The Balaban J connectivity index is 2.15. The Morgan fingerprint density at radius 3 is 2.80 bits per heavy atom. The van der Waals surface area contributed by atoms with Gasteiger partial charge in [-0.05, 0) is 38.5 Å². The van der Waals surface area contributed by atoms with Gasteiger partial charge in [-0.25, -0.2) is 13.1 Å². The summed E-state index contributed by atoms with van der Waals surface area (Å²) in [5, 5.41) is 2.75. The average molecular weight is 302 g/mol. The number of unbranched alkanes of at least 4 members (excludes halogenated alkanes) is 1. The Labute approximate surface area is 122 Å². The molecule has 2 N–H and O–H groups in total. The minimum absolute atomic E-state index is 0.0870. The Morgan fingerprint density at radius 2 is 2.15 bits per heavy atom. The lowest BCUT2D eigenvalue weighted by atomic mass is 9.97. The third-order valence-corrected chi connectivity index (χ3v) is 4.78. The Morgan fingerprint density at radius 1 is 1.35 bits per heavy atom. The third-order valence-electron chi connectivity index (χ3n) is 3.37. The van der Waals surface area contributed by atoms with Crippen molar-refractivity contribution < 1.29 is 13.2 Å². The molecule has 1 aliphatic carbocycles. The fourth-order valence-electron chi connectivity index (χ4n) is 2.14. The maximum absolute atomic E-state index is 11.5. The van der Waals surface area contributed by atoms with E-state index in [-0.39, 0.29) is 18.2 Å². The van der Waals surface area contributed by atoms with Crippen LogP contribution in [0.5, 0.6) is 0 Å². The van der Waals surface area contributed by atoms with Gasteiger partial charge in [0.2, 0.25) is 15.9 Å². The summed E-state index contributed by atoms with van der Waals surface area (Å²) in [4.78, 5) is 11.5. The molecule has 0 heterocycles. The van der Waals surface area contributed by atoms with Crippen LogP contribution in [-0.4, -0.2) is 33.2 Å². The number of carbonyl (C=O) groups excluding carboxylic acids is 1. The lowest BCUT2D eigenvalue weighted by Gasteiger charge is -2.13. The molecule has 0 aromatic carbocycles. The summed E-state index contributed by atoms with van der Waals surface area (Å²) in [5.41, 5.74) is 1.40. The van der Waals surface area contributed by atoms with Crippen LogP contribution in [0.1, 0.15) is 51.9 Å². The van der Waals surface area contributed by atoms with E-state index in [2.05, 4.69) is 16.1 Å². The third kappa shape index (κ3) is 7.65. The van der Waals surface area contributed by atoms with Crippen molar-refractivity contribution in [1.82, 2.24) is 10.0 Å². The summed E-state index contributed by atoms with van der Waals surface area (Å²) in [6, 6.07) is 0. The molecule has 0 bridgehead atoms. The van der Waals surface area contributed by atoms with Crippen LogP contribution in [-0.2, 0) is 14.8 Å². The van der Waals surface area contributed by atoms with Crippen molar-refractivity contribution in [2.24, 2.45) is 0 Å². The summed E-state index contributed by atoms with van der Waals surface area (Å²) >= 11 is 0. The van der Waals surface area contributed by atoms with Gasteiger partial charge in [-0.15, -0.1) is 0 Å². The highest BCUT2D eigenvalue weighted by molar-refractivity contribution is 7.89. The van der Waals surface area contributed by atoms with Crippen molar-refractivity contribution in [2.75, 3.05) is 18.8 Å². The second kappa shape index (κ2) is 9.13. The first-order chi connectivity index (χ1) is 9.53.